The molecule has 1 saturated heterocycles. The van der Waals surface area contributed by atoms with Gasteiger partial charge in [-0.1, -0.05) is 12.1 Å². The highest BCUT2D eigenvalue weighted by molar-refractivity contribution is 8.24. The van der Waals surface area contributed by atoms with Crippen LogP contribution in [0.5, 0.6) is 5.75 Å². The molecule has 2 unspecified atom stereocenters. The molecule has 180 valence electrons. The van der Waals surface area contributed by atoms with Crippen molar-refractivity contribution < 1.29 is 32.2 Å². The lowest BCUT2D eigenvalue weighted by molar-refractivity contribution is -0.126. The van der Waals surface area contributed by atoms with Gasteiger partial charge in [0.15, 0.2) is 0 Å². The molecule has 1 amide bonds. The third-order valence-electron chi connectivity index (χ3n) is 6.23. The van der Waals surface area contributed by atoms with E-state index in [9.17, 15) is 27.5 Å². The molecule has 0 bridgehead atoms. The zero-order valence-corrected chi connectivity index (χ0v) is 19.2. The maximum atomic E-state index is 13.0. The van der Waals surface area contributed by atoms with E-state index in [1.807, 2.05) is 6.92 Å². The van der Waals surface area contributed by atoms with E-state index in [0.29, 0.717) is 42.6 Å². The number of fused-ring (bicyclic) bond motifs is 1. The largest absolute Gasteiger partial charge is 0.435 e. The average molecular weight is 484 g/mol. The minimum absolute atomic E-state index is 0.00234. The summed E-state index contributed by atoms with van der Waals surface area (Å²) in [5.41, 5.74) is 1.83. The molecule has 2 heterocycles. The summed E-state index contributed by atoms with van der Waals surface area (Å²) in [6.45, 7) is 0.238. The molecular weight excluding hydrogens is 456 g/mol. The van der Waals surface area contributed by atoms with Gasteiger partial charge in [-0.3, -0.25) is 18.7 Å². The number of ether oxygens (including phenoxy) is 1. The molecule has 2 atom stereocenters. The lowest BCUT2D eigenvalue weighted by Gasteiger charge is -2.32. The van der Waals surface area contributed by atoms with E-state index < -0.39 is 28.7 Å². The maximum Gasteiger partial charge on any atom is 0.387 e. The van der Waals surface area contributed by atoms with Gasteiger partial charge >= 0.3 is 6.61 Å². The number of hydrogen-bond acceptors (Lipinski definition) is 6. The van der Waals surface area contributed by atoms with Crippen molar-refractivity contribution in [1.29, 1.82) is 0 Å². The molecule has 0 saturated carbocycles. The summed E-state index contributed by atoms with van der Waals surface area (Å²) in [7, 11) is -2.67. The third-order valence-corrected chi connectivity index (χ3v) is 8.19. The van der Waals surface area contributed by atoms with Gasteiger partial charge in [0.05, 0.1) is 22.7 Å². The minimum Gasteiger partial charge on any atom is -0.435 e. The van der Waals surface area contributed by atoms with Crippen LogP contribution in [0.1, 0.15) is 42.7 Å². The van der Waals surface area contributed by atoms with E-state index in [2.05, 4.69) is 15.2 Å². The third kappa shape index (κ3) is 5.04. The maximum absolute atomic E-state index is 13.0. The standard InChI is InChI=1S/C22H27F2N3O5S/c1-13(28)27-18-11-15(20(29)25-22(2)8-9-33(30,31)12-22)6-7-17(18)19(26-27)14-4-3-5-16(10-14)32-21(23)24/h3-5,10,15,21,30-31H,6-9,11-12H2,1-2H3,(H,25,29). The van der Waals surface area contributed by atoms with Crippen LogP contribution in [0.25, 0.3) is 11.3 Å². The zero-order chi connectivity index (χ0) is 24.0. The van der Waals surface area contributed by atoms with Crippen LogP contribution < -0.4 is 10.1 Å². The van der Waals surface area contributed by atoms with Gasteiger partial charge in [0, 0.05) is 36.1 Å². The first-order valence-electron chi connectivity index (χ1n) is 10.7. The Labute approximate surface area is 191 Å². The predicted molar refractivity (Wildman–Crippen MR) is 120 cm³/mol. The molecule has 1 aromatic heterocycles. The highest BCUT2D eigenvalue weighted by Crippen LogP contribution is 2.50. The van der Waals surface area contributed by atoms with Crippen LogP contribution in [0.4, 0.5) is 8.78 Å². The average Bonchev–Trinajstić information content (AvgIpc) is 3.24. The minimum atomic E-state index is -2.95. The van der Waals surface area contributed by atoms with Gasteiger partial charge in [0.1, 0.15) is 5.75 Å². The Morgan fingerprint density at radius 3 is 2.76 bits per heavy atom. The summed E-state index contributed by atoms with van der Waals surface area (Å²) in [4.78, 5) is 25.3. The van der Waals surface area contributed by atoms with E-state index in [0.717, 1.165) is 5.56 Å². The van der Waals surface area contributed by atoms with E-state index in [4.69, 9.17) is 0 Å². The Balaban J connectivity index is 1.59. The van der Waals surface area contributed by atoms with Gasteiger partial charge in [-0.25, -0.2) is 4.68 Å². The molecule has 4 rings (SSSR count). The quantitative estimate of drug-likeness (QED) is 0.594. The fraction of sp³-hybridized carbons (Fsp3) is 0.500. The number of benzene rings is 1. The van der Waals surface area contributed by atoms with Gasteiger partial charge in [0.25, 0.3) is 0 Å². The topological polar surface area (TPSA) is 114 Å². The normalized spacial score (nSPS) is 24.9. The van der Waals surface area contributed by atoms with Crippen molar-refractivity contribution in [2.24, 2.45) is 5.92 Å². The number of alkyl halides is 2. The summed E-state index contributed by atoms with van der Waals surface area (Å²) in [5.74, 6) is -0.491. The molecule has 1 fully saturated rings. The Hall–Kier alpha value is -2.50. The van der Waals surface area contributed by atoms with Crippen molar-refractivity contribution in [1.82, 2.24) is 15.1 Å². The molecule has 1 aliphatic carbocycles. The zero-order valence-electron chi connectivity index (χ0n) is 18.4. The van der Waals surface area contributed by atoms with Crippen molar-refractivity contribution in [3.8, 4) is 17.0 Å². The molecule has 8 nitrogen and oxygen atoms in total. The first-order chi connectivity index (χ1) is 15.5. The number of aromatic nitrogens is 2. The fourth-order valence-electron chi connectivity index (χ4n) is 4.69. The van der Waals surface area contributed by atoms with E-state index in [-0.39, 0.29) is 29.1 Å². The lowest BCUT2D eigenvalue weighted by Crippen LogP contribution is -2.49. The summed E-state index contributed by atoms with van der Waals surface area (Å²) in [5, 5.41) is 7.43. The van der Waals surface area contributed by atoms with Crippen molar-refractivity contribution in [3.05, 3.63) is 35.5 Å². The Kier molecular flexibility index (Phi) is 6.23. The second kappa shape index (κ2) is 8.69. The van der Waals surface area contributed by atoms with Gasteiger partial charge in [0.2, 0.25) is 11.8 Å². The number of hydrogen-bond donors (Lipinski definition) is 3. The van der Waals surface area contributed by atoms with E-state index >= 15 is 0 Å². The lowest BCUT2D eigenvalue weighted by atomic mass is 9.84. The van der Waals surface area contributed by atoms with Crippen LogP contribution in [-0.4, -0.2) is 54.4 Å². The second-order valence-electron chi connectivity index (χ2n) is 9.00. The second-order valence-corrected chi connectivity index (χ2v) is 11.3. The Morgan fingerprint density at radius 1 is 1.36 bits per heavy atom. The predicted octanol–water partition coefficient (Wildman–Crippen LogP) is 3.95. The number of carbonyl (C=O) groups is 2. The fourth-order valence-corrected chi connectivity index (χ4v) is 6.85. The first-order valence-corrected chi connectivity index (χ1v) is 12.6. The molecular formula is C22H27F2N3O5S. The molecule has 3 N–H and O–H groups in total. The Bertz CT molecular complexity index is 1090. The highest BCUT2D eigenvalue weighted by Gasteiger charge is 2.41. The first kappa shape index (κ1) is 23.7. The van der Waals surface area contributed by atoms with Crippen molar-refractivity contribution >= 4 is 22.4 Å². The molecule has 33 heavy (non-hydrogen) atoms. The summed E-state index contributed by atoms with van der Waals surface area (Å²) in [6, 6.07) is 6.17. The monoisotopic (exact) mass is 483 g/mol. The summed E-state index contributed by atoms with van der Waals surface area (Å²) >= 11 is 0. The molecule has 1 aromatic carbocycles. The van der Waals surface area contributed by atoms with Gasteiger partial charge in [-0.2, -0.15) is 24.5 Å². The number of rotatable bonds is 5. The highest BCUT2D eigenvalue weighted by atomic mass is 32.3. The number of carbonyl (C=O) groups excluding carboxylic acids is 2. The van der Waals surface area contributed by atoms with Crippen molar-refractivity contribution in [2.75, 3.05) is 11.5 Å². The summed E-state index contributed by atoms with van der Waals surface area (Å²) < 4.78 is 50.9. The molecule has 11 heteroatoms. The Morgan fingerprint density at radius 2 is 2.12 bits per heavy atom. The molecule has 2 aromatic rings. The summed E-state index contributed by atoms with van der Waals surface area (Å²) in [6.07, 6.45) is 1.80. The molecule has 0 radical (unpaired) electrons. The van der Waals surface area contributed by atoms with Crippen LogP contribution in [0.3, 0.4) is 0 Å². The number of nitrogens with one attached hydrogen (secondary N) is 1. The van der Waals surface area contributed by atoms with Crippen LogP contribution in [0.15, 0.2) is 24.3 Å². The number of nitrogens with zero attached hydrogens (tertiary/aromatic N) is 2. The molecule has 1 aliphatic heterocycles. The van der Waals surface area contributed by atoms with Crippen molar-refractivity contribution in [3.63, 3.8) is 0 Å². The van der Waals surface area contributed by atoms with E-state index in [1.54, 1.807) is 12.1 Å². The molecule has 2 aliphatic rings. The SMILES string of the molecule is CC(=O)n1nc(-c2cccc(OC(F)F)c2)c2c1CC(C(=O)NC1(C)CCS(O)(O)C1)CC2. The smallest absolute Gasteiger partial charge is 0.387 e. The van der Waals surface area contributed by atoms with E-state index in [1.165, 1.54) is 23.7 Å². The molecule has 0 spiro atoms. The van der Waals surface area contributed by atoms with Crippen molar-refractivity contribution in [2.45, 2.75) is 51.7 Å². The number of halogens is 2. The van der Waals surface area contributed by atoms with Gasteiger partial charge in [-0.05, 0) is 38.3 Å². The van der Waals surface area contributed by atoms with Crippen LogP contribution >= 0.6 is 10.6 Å². The van der Waals surface area contributed by atoms with Crippen LogP contribution in [0.2, 0.25) is 0 Å². The van der Waals surface area contributed by atoms with Crippen LogP contribution in [0, 0.1) is 5.92 Å². The van der Waals surface area contributed by atoms with Gasteiger partial charge in [-0.15, -0.1) is 0 Å². The van der Waals surface area contributed by atoms with Gasteiger partial charge < -0.3 is 10.1 Å². The number of amides is 1. The van der Waals surface area contributed by atoms with Crippen LogP contribution in [-0.2, 0) is 17.6 Å².